The number of carbonyl (C=O) groups is 1. The van der Waals surface area contributed by atoms with Crippen LogP contribution in [0.25, 0.3) is 0 Å². The van der Waals surface area contributed by atoms with Crippen molar-refractivity contribution in [2.45, 2.75) is 38.8 Å². The van der Waals surface area contributed by atoms with Crippen LogP contribution in [0, 0.1) is 0 Å². The second-order valence-electron chi connectivity index (χ2n) is 4.73. The highest BCUT2D eigenvalue weighted by atomic mass is 32.2. The predicted molar refractivity (Wildman–Crippen MR) is 70.9 cm³/mol. The number of nitrogens with two attached hydrogens (primary N) is 1. The normalized spacial score (nSPS) is 13.7. The van der Waals surface area contributed by atoms with Gasteiger partial charge in [0, 0.05) is 25.4 Å². The Hall–Kier alpha value is -0.660. The maximum atomic E-state index is 12.0. The van der Waals surface area contributed by atoms with E-state index < -0.39 is 15.9 Å². The van der Waals surface area contributed by atoms with E-state index in [9.17, 15) is 13.2 Å². The summed E-state index contributed by atoms with van der Waals surface area (Å²) in [5, 5.41) is 8.78. The lowest BCUT2D eigenvalue weighted by Gasteiger charge is -2.29. The molecule has 108 valence electrons. The smallest absolute Gasteiger partial charge is 0.239 e. The minimum atomic E-state index is -3.11. The predicted octanol–water partition coefficient (Wildman–Crippen LogP) is -0.632. The minimum absolute atomic E-state index is 0.00901. The third-order valence-corrected chi connectivity index (χ3v) is 3.56. The molecular weight excluding hydrogens is 256 g/mol. The summed E-state index contributed by atoms with van der Waals surface area (Å²) in [6.45, 7) is 4.16. The number of aliphatic hydroxyl groups excluding tert-OH is 1. The quantitative estimate of drug-likeness (QED) is 0.616. The van der Waals surface area contributed by atoms with Gasteiger partial charge in [0.15, 0.2) is 0 Å². The Balaban J connectivity index is 4.47. The van der Waals surface area contributed by atoms with Crippen LogP contribution in [0.3, 0.4) is 0 Å². The molecule has 0 rings (SSSR count). The number of aliphatic hydroxyl groups is 1. The Bertz CT molecular complexity index is 354. The van der Waals surface area contributed by atoms with Crippen molar-refractivity contribution in [3.8, 4) is 0 Å². The summed E-state index contributed by atoms with van der Waals surface area (Å²) in [6, 6.07) is -0.825. The highest BCUT2D eigenvalue weighted by Gasteiger charge is 2.23. The lowest BCUT2D eigenvalue weighted by molar-refractivity contribution is -0.134. The number of amides is 1. The van der Waals surface area contributed by atoms with Gasteiger partial charge >= 0.3 is 0 Å². The van der Waals surface area contributed by atoms with Crippen LogP contribution in [-0.2, 0) is 14.6 Å². The molecule has 0 heterocycles. The molecule has 0 aromatic rings. The summed E-state index contributed by atoms with van der Waals surface area (Å²) < 4.78 is 22.0. The summed E-state index contributed by atoms with van der Waals surface area (Å²) >= 11 is 0. The van der Waals surface area contributed by atoms with E-state index in [1.807, 2.05) is 13.8 Å². The van der Waals surface area contributed by atoms with Crippen LogP contribution in [-0.4, -0.2) is 61.6 Å². The van der Waals surface area contributed by atoms with Crippen molar-refractivity contribution in [2.24, 2.45) is 5.73 Å². The molecule has 0 saturated heterocycles. The molecule has 7 heteroatoms. The lowest BCUT2D eigenvalue weighted by atomic mass is 10.1. The number of hydrogen-bond acceptors (Lipinski definition) is 5. The monoisotopic (exact) mass is 280 g/mol. The van der Waals surface area contributed by atoms with Crippen LogP contribution in [0.15, 0.2) is 0 Å². The number of nitrogens with zero attached hydrogens (tertiary/aromatic N) is 1. The van der Waals surface area contributed by atoms with Gasteiger partial charge in [-0.2, -0.15) is 0 Å². The highest BCUT2D eigenvalue weighted by molar-refractivity contribution is 7.90. The maximum Gasteiger partial charge on any atom is 0.239 e. The van der Waals surface area contributed by atoms with Gasteiger partial charge in [-0.25, -0.2) is 8.42 Å². The molecule has 18 heavy (non-hydrogen) atoms. The molecule has 1 amide bonds. The second kappa shape index (κ2) is 7.70. The van der Waals surface area contributed by atoms with Crippen LogP contribution in [0.5, 0.6) is 0 Å². The molecular formula is C11H24N2O4S. The van der Waals surface area contributed by atoms with Crippen LogP contribution < -0.4 is 5.73 Å². The molecule has 0 bridgehead atoms. The van der Waals surface area contributed by atoms with E-state index in [0.29, 0.717) is 13.0 Å². The van der Waals surface area contributed by atoms with Crippen molar-refractivity contribution in [3.05, 3.63) is 0 Å². The molecule has 0 fully saturated rings. The fourth-order valence-electron chi connectivity index (χ4n) is 1.54. The summed E-state index contributed by atoms with van der Waals surface area (Å²) in [6.07, 6.45) is 1.74. The van der Waals surface area contributed by atoms with Crippen LogP contribution >= 0.6 is 0 Å². The molecule has 0 aromatic heterocycles. The third kappa shape index (κ3) is 6.93. The summed E-state index contributed by atoms with van der Waals surface area (Å²) in [4.78, 5) is 13.6. The van der Waals surface area contributed by atoms with Crippen LogP contribution in [0.1, 0.15) is 26.7 Å². The van der Waals surface area contributed by atoms with Crippen molar-refractivity contribution >= 4 is 15.7 Å². The van der Waals surface area contributed by atoms with Gasteiger partial charge in [0.1, 0.15) is 9.84 Å². The SMILES string of the molecule is CC(C)N(CCCO)C(=O)C(N)CCS(C)(=O)=O. The fourth-order valence-corrected chi connectivity index (χ4v) is 2.22. The van der Waals surface area contributed by atoms with Crippen LogP contribution in [0.2, 0.25) is 0 Å². The van der Waals surface area contributed by atoms with E-state index in [1.165, 1.54) is 0 Å². The average molecular weight is 280 g/mol. The molecule has 0 spiro atoms. The first-order valence-corrected chi connectivity index (χ1v) is 8.09. The molecule has 1 atom stereocenters. The van der Waals surface area contributed by atoms with E-state index in [4.69, 9.17) is 10.8 Å². The topological polar surface area (TPSA) is 101 Å². The van der Waals surface area contributed by atoms with Crippen molar-refractivity contribution < 1.29 is 18.3 Å². The number of carbonyl (C=O) groups excluding carboxylic acids is 1. The van der Waals surface area contributed by atoms with Gasteiger partial charge in [0.25, 0.3) is 0 Å². The van der Waals surface area contributed by atoms with Crippen molar-refractivity contribution in [3.63, 3.8) is 0 Å². The molecule has 0 radical (unpaired) electrons. The maximum absolute atomic E-state index is 12.0. The molecule has 0 aliphatic carbocycles. The van der Waals surface area contributed by atoms with Gasteiger partial charge in [-0.3, -0.25) is 4.79 Å². The fraction of sp³-hybridized carbons (Fsp3) is 0.909. The van der Waals surface area contributed by atoms with Crippen molar-refractivity contribution in [2.75, 3.05) is 25.2 Å². The lowest BCUT2D eigenvalue weighted by Crippen LogP contribution is -2.48. The van der Waals surface area contributed by atoms with E-state index in [2.05, 4.69) is 0 Å². The molecule has 0 aromatic carbocycles. The molecule has 3 N–H and O–H groups in total. The Morgan fingerprint density at radius 3 is 2.33 bits per heavy atom. The first kappa shape index (κ1) is 17.3. The second-order valence-corrected chi connectivity index (χ2v) is 6.99. The average Bonchev–Trinajstić information content (AvgIpc) is 2.24. The molecule has 0 aliphatic heterocycles. The zero-order valence-electron chi connectivity index (χ0n) is 11.3. The molecule has 0 saturated carbocycles. The zero-order valence-corrected chi connectivity index (χ0v) is 12.1. The van der Waals surface area contributed by atoms with E-state index >= 15 is 0 Å². The van der Waals surface area contributed by atoms with Gasteiger partial charge in [0.2, 0.25) is 5.91 Å². The summed E-state index contributed by atoms with van der Waals surface area (Å²) in [5.74, 6) is -0.353. The molecule has 1 unspecified atom stereocenters. The van der Waals surface area contributed by atoms with Gasteiger partial charge in [-0.1, -0.05) is 0 Å². The number of hydrogen-bond donors (Lipinski definition) is 2. The van der Waals surface area contributed by atoms with Crippen LogP contribution in [0.4, 0.5) is 0 Å². The van der Waals surface area contributed by atoms with E-state index in [0.717, 1.165) is 6.26 Å². The number of rotatable bonds is 8. The standard InChI is InChI=1S/C11H24N2O4S/c1-9(2)13(6-4-7-14)11(15)10(12)5-8-18(3,16)17/h9-10,14H,4-8,12H2,1-3H3. The first-order valence-electron chi connectivity index (χ1n) is 6.03. The van der Waals surface area contributed by atoms with Gasteiger partial charge in [-0.05, 0) is 26.7 Å². The van der Waals surface area contributed by atoms with Crippen molar-refractivity contribution in [1.29, 1.82) is 0 Å². The van der Waals surface area contributed by atoms with E-state index in [-0.39, 0.29) is 30.7 Å². The molecule has 0 aliphatic rings. The van der Waals surface area contributed by atoms with E-state index in [1.54, 1.807) is 4.90 Å². The Morgan fingerprint density at radius 2 is 1.94 bits per heavy atom. The summed E-state index contributed by atoms with van der Waals surface area (Å²) in [5.41, 5.74) is 5.72. The van der Waals surface area contributed by atoms with Crippen molar-refractivity contribution in [1.82, 2.24) is 4.90 Å². The molecule has 6 nitrogen and oxygen atoms in total. The zero-order chi connectivity index (χ0) is 14.3. The van der Waals surface area contributed by atoms with Gasteiger partial charge < -0.3 is 15.7 Å². The number of sulfone groups is 1. The Morgan fingerprint density at radius 1 is 1.39 bits per heavy atom. The minimum Gasteiger partial charge on any atom is -0.396 e. The Kier molecular flexibility index (Phi) is 7.42. The van der Waals surface area contributed by atoms with Gasteiger partial charge in [-0.15, -0.1) is 0 Å². The summed E-state index contributed by atoms with van der Waals surface area (Å²) in [7, 11) is -3.11. The largest absolute Gasteiger partial charge is 0.396 e. The Labute approximate surface area is 109 Å². The first-order chi connectivity index (χ1) is 8.19. The highest BCUT2D eigenvalue weighted by Crippen LogP contribution is 2.05. The van der Waals surface area contributed by atoms with Gasteiger partial charge in [0.05, 0.1) is 11.8 Å². The third-order valence-electron chi connectivity index (χ3n) is 2.58.